The highest BCUT2D eigenvalue weighted by atomic mass is 19.3. The molecule has 0 radical (unpaired) electrons. The van der Waals surface area contributed by atoms with Gasteiger partial charge < -0.3 is 9.84 Å². The molecule has 0 fully saturated rings. The van der Waals surface area contributed by atoms with Crippen LogP contribution in [0.1, 0.15) is 23.2 Å². The maximum Gasteiger partial charge on any atom is 0.309 e. The van der Waals surface area contributed by atoms with Crippen LogP contribution in [0.5, 0.6) is 5.88 Å². The number of halogens is 2. The molecule has 0 aromatic carbocycles. The van der Waals surface area contributed by atoms with Gasteiger partial charge in [-0.05, 0) is 6.07 Å². The van der Waals surface area contributed by atoms with Crippen LogP contribution in [-0.2, 0) is 11.2 Å². The zero-order chi connectivity index (χ0) is 13.0. The molecule has 17 heavy (non-hydrogen) atoms. The predicted octanol–water partition coefficient (Wildman–Crippen LogP) is 1.53. The van der Waals surface area contributed by atoms with E-state index < -0.39 is 30.3 Å². The molecule has 0 unspecified atom stereocenters. The number of alkyl halides is 2. The maximum atomic E-state index is 12.7. The van der Waals surface area contributed by atoms with Crippen molar-refractivity contribution >= 4 is 5.97 Å². The Hall–Kier alpha value is -2.23. The topological polar surface area (TPSA) is 83.2 Å². The predicted molar refractivity (Wildman–Crippen MR) is 51.8 cm³/mol. The largest absolute Gasteiger partial charge is 0.481 e. The molecule has 0 aliphatic carbocycles. The second-order valence-corrected chi connectivity index (χ2v) is 3.07. The first-order chi connectivity index (χ1) is 7.99. The molecule has 1 heterocycles. The van der Waals surface area contributed by atoms with E-state index in [1.165, 1.54) is 0 Å². The van der Waals surface area contributed by atoms with Gasteiger partial charge in [-0.15, -0.1) is 0 Å². The van der Waals surface area contributed by atoms with E-state index >= 15 is 0 Å². The molecule has 1 aromatic rings. The summed E-state index contributed by atoms with van der Waals surface area (Å²) >= 11 is 0. The third-order valence-electron chi connectivity index (χ3n) is 1.94. The molecule has 0 saturated heterocycles. The second-order valence-electron chi connectivity index (χ2n) is 3.07. The van der Waals surface area contributed by atoms with Crippen molar-refractivity contribution in [2.75, 3.05) is 7.11 Å². The summed E-state index contributed by atoms with van der Waals surface area (Å²) in [6.07, 6.45) is -3.37. The Bertz CT molecular complexity index is 483. The fourth-order valence-electron chi connectivity index (χ4n) is 1.29. The monoisotopic (exact) mass is 242 g/mol. The minimum atomic E-state index is -2.91. The molecule has 7 heteroatoms. The summed E-state index contributed by atoms with van der Waals surface area (Å²) in [5.41, 5.74) is -0.956. The van der Waals surface area contributed by atoms with Crippen LogP contribution < -0.4 is 4.74 Å². The zero-order valence-electron chi connectivity index (χ0n) is 8.78. The Morgan fingerprint density at radius 2 is 2.35 bits per heavy atom. The zero-order valence-corrected chi connectivity index (χ0v) is 8.78. The summed E-state index contributed by atoms with van der Waals surface area (Å²) < 4.78 is 30.0. The van der Waals surface area contributed by atoms with E-state index in [1.807, 2.05) is 0 Å². The number of aromatic nitrogens is 1. The number of carbonyl (C=O) groups is 1. The highest BCUT2D eigenvalue weighted by Gasteiger charge is 2.22. The van der Waals surface area contributed by atoms with Crippen molar-refractivity contribution in [2.45, 2.75) is 12.8 Å². The van der Waals surface area contributed by atoms with Crippen molar-refractivity contribution in [1.29, 1.82) is 5.26 Å². The SMILES string of the molecule is COc1nc(CC(=O)O)cc(C#N)c1C(F)F. The molecular formula is C10H8F2N2O3. The first-order valence-corrected chi connectivity index (χ1v) is 4.47. The quantitative estimate of drug-likeness (QED) is 0.865. The number of carboxylic acids is 1. The first-order valence-electron chi connectivity index (χ1n) is 4.47. The first kappa shape index (κ1) is 12.8. The lowest BCUT2D eigenvalue weighted by Gasteiger charge is -2.10. The summed E-state index contributed by atoms with van der Waals surface area (Å²) in [4.78, 5) is 14.1. The van der Waals surface area contributed by atoms with Crippen molar-refractivity contribution in [3.63, 3.8) is 0 Å². The van der Waals surface area contributed by atoms with Crippen LogP contribution in [0.3, 0.4) is 0 Å². The summed E-state index contributed by atoms with van der Waals surface area (Å²) in [6, 6.07) is 2.60. The number of ether oxygens (including phenoxy) is 1. The fourth-order valence-corrected chi connectivity index (χ4v) is 1.29. The number of nitrogens with zero attached hydrogens (tertiary/aromatic N) is 2. The van der Waals surface area contributed by atoms with E-state index in [0.29, 0.717) is 0 Å². The van der Waals surface area contributed by atoms with Gasteiger partial charge in [-0.1, -0.05) is 0 Å². The van der Waals surface area contributed by atoms with Gasteiger partial charge in [0.05, 0.1) is 36.4 Å². The average molecular weight is 242 g/mol. The number of hydrogen-bond donors (Lipinski definition) is 1. The van der Waals surface area contributed by atoms with Gasteiger partial charge >= 0.3 is 5.97 Å². The Morgan fingerprint density at radius 1 is 1.71 bits per heavy atom. The number of nitriles is 1. The highest BCUT2D eigenvalue weighted by Crippen LogP contribution is 2.30. The fraction of sp³-hybridized carbons (Fsp3) is 0.300. The van der Waals surface area contributed by atoms with Gasteiger partial charge in [0.2, 0.25) is 5.88 Å². The van der Waals surface area contributed by atoms with E-state index in [0.717, 1.165) is 13.2 Å². The average Bonchev–Trinajstić information content (AvgIpc) is 2.26. The van der Waals surface area contributed by atoms with Crippen molar-refractivity contribution in [3.05, 3.63) is 22.9 Å². The van der Waals surface area contributed by atoms with Crippen molar-refractivity contribution in [2.24, 2.45) is 0 Å². The third-order valence-corrected chi connectivity index (χ3v) is 1.94. The van der Waals surface area contributed by atoms with E-state index in [1.54, 1.807) is 6.07 Å². The molecular weight excluding hydrogens is 234 g/mol. The van der Waals surface area contributed by atoms with E-state index in [2.05, 4.69) is 9.72 Å². The molecule has 0 spiro atoms. The molecule has 0 saturated carbocycles. The number of carboxylic acid groups (broad SMARTS) is 1. The minimum Gasteiger partial charge on any atom is -0.481 e. The maximum absolute atomic E-state index is 12.7. The van der Waals surface area contributed by atoms with Crippen molar-refractivity contribution < 1.29 is 23.4 Å². The Labute approximate surface area is 95.3 Å². The van der Waals surface area contributed by atoms with Crippen LogP contribution in [0.15, 0.2) is 6.07 Å². The molecule has 0 amide bonds. The van der Waals surface area contributed by atoms with Gasteiger partial charge in [-0.3, -0.25) is 4.79 Å². The summed E-state index contributed by atoms with van der Waals surface area (Å²) in [5, 5.41) is 17.3. The van der Waals surface area contributed by atoms with Crippen LogP contribution >= 0.6 is 0 Å². The summed E-state index contributed by atoms with van der Waals surface area (Å²) in [6.45, 7) is 0. The number of pyridine rings is 1. The molecule has 5 nitrogen and oxygen atoms in total. The van der Waals surface area contributed by atoms with Crippen molar-refractivity contribution in [3.8, 4) is 11.9 Å². The number of rotatable bonds is 4. The summed E-state index contributed by atoms with van der Waals surface area (Å²) in [7, 11) is 1.12. The molecule has 1 aromatic heterocycles. The normalized spacial score (nSPS) is 10.1. The van der Waals surface area contributed by atoms with E-state index in [-0.39, 0.29) is 11.3 Å². The third kappa shape index (κ3) is 2.87. The van der Waals surface area contributed by atoms with Crippen LogP contribution in [0.2, 0.25) is 0 Å². The molecule has 0 aliphatic heterocycles. The van der Waals surface area contributed by atoms with Crippen LogP contribution in [-0.4, -0.2) is 23.2 Å². The number of hydrogen-bond acceptors (Lipinski definition) is 4. The summed E-state index contributed by atoms with van der Waals surface area (Å²) in [5.74, 6) is -1.59. The van der Waals surface area contributed by atoms with Gasteiger partial charge in [0.15, 0.2) is 0 Å². The Balaban J connectivity index is 3.35. The molecule has 0 aliphatic rings. The second kappa shape index (κ2) is 5.21. The van der Waals surface area contributed by atoms with Crippen LogP contribution in [0, 0.1) is 11.3 Å². The lowest BCUT2D eigenvalue weighted by atomic mass is 10.1. The number of aliphatic carboxylic acids is 1. The highest BCUT2D eigenvalue weighted by molar-refractivity contribution is 5.70. The molecule has 1 N–H and O–H groups in total. The van der Waals surface area contributed by atoms with Gasteiger partial charge in [-0.25, -0.2) is 13.8 Å². The van der Waals surface area contributed by atoms with E-state index in [9.17, 15) is 13.6 Å². The lowest BCUT2D eigenvalue weighted by molar-refractivity contribution is -0.136. The molecule has 0 bridgehead atoms. The van der Waals surface area contributed by atoms with Crippen molar-refractivity contribution in [1.82, 2.24) is 4.98 Å². The van der Waals surface area contributed by atoms with Gasteiger partial charge in [0.1, 0.15) is 0 Å². The van der Waals surface area contributed by atoms with Gasteiger partial charge in [0.25, 0.3) is 6.43 Å². The van der Waals surface area contributed by atoms with E-state index in [4.69, 9.17) is 10.4 Å². The minimum absolute atomic E-state index is 0.00435. The molecule has 90 valence electrons. The van der Waals surface area contributed by atoms with Gasteiger partial charge in [-0.2, -0.15) is 5.26 Å². The van der Waals surface area contributed by atoms with Crippen LogP contribution in [0.25, 0.3) is 0 Å². The standard InChI is InChI=1S/C10H8F2N2O3/c1-17-10-8(9(11)12)5(4-13)2-6(14-10)3-7(15)16/h2,9H,3H2,1H3,(H,15,16). The lowest BCUT2D eigenvalue weighted by Crippen LogP contribution is -2.07. The number of methoxy groups -OCH3 is 1. The smallest absolute Gasteiger partial charge is 0.309 e. The Morgan fingerprint density at radius 3 is 2.76 bits per heavy atom. The van der Waals surface area contributed by atoms with Crippen LogP contribution in [0.4, 0.5) is 8.78 Å². The Kier molecular flexibility index (Phi) is 3.93. The van der Waals surface area contributed by atoms with Gasteiger partial charge in [0, 0.05) is 0 Å². The molecule has 1 rings (SSSR count). The molecule has 0 atom stereocenters.